The van der Waals surface area contributed by atoms with Gasteiger partial charge >= 0.3 is 30.2 Å². The number of nitrogens with zero attached hydrogens (tertiary/aromatic N) is 1. The molecule has 22 nitrogen and oxygen atoms in total. The Hall–Kier alpha value is -7.62. The molecule has 0 saturated heterocycles. The van der Waals surface area contributed by atoms with Gasteiger partial charge in [0.2, 0.25) is 17.7 Å². The highest BCUT2D eigenvalue weighted by Gasteiger charge is 2.36. The van der Waals surface area contributed by atoms with Crippen LogP contribution in [-0.2, 0) is 62.2 Å². The number of carbonyl (C=O) groups is 8. The molecule has 4 atom stereocenters. The molecule has 0 spiro atoms. The van der Waals surface area contributed by atoms with Crippen LogP contribution in [0.2, 0.25) is 0 Å². The maximum Gasteiger partial charge on any atom is 0.407 e. The van der Waals surface area contributed by atoms with Crippen LogP contribution in [0.5, 0.6) is 11.5 Å². The molecule has 0 radical (unpaired) electrons. The van der Waals surface area contributed by atoms with Gasteiger partial charge in [-0.15, -0.1) is 0 Å². The van der Waals surface area contributed by atoms with Gasteiger partial charge in [-0.1, -0.05) is 63.3 Å². The van der Waals surface area contributed by atoms with Gasteiger partial charge < -0.3 is 70.0 Å². The Labute approximate surface area is 495 Å². The Balaban J connectivity index is 1.90. The van der Waals surface area contributed by atoms with Gasteiger partial charge in [0.15, 0.2) is 0 Å². The predicted octanol–water partition coefficient (Wildman–Crippen LogP) is 8.14. The van der Waals surface area contributed by atoms with E-state index in [0.29, 0.717) is 22.3 Å². The number of likely N-dealkylation sites (N-methyl/N-ethyl adjacent to an activating group) is 1. The van der Waals surface area contributed by atoms with E-state index >= 15 is 9.59 Å². The molecule has 0 saturated carbocycles. The second kappa shape index (κ2) is 32.4. The molecular formula is C62H91N7O15. The van der Waals surface area contributed by atoms with Crippen LogP contribution in [-0.4, -0.2) is 142 Å². The van der Waals surface area contributed by atoms with Crippen molar-refractivity contribution in [3.8, 4) is 22.6 Å². The van der Waals surface area contributed by atoms with Crippen LogP contribution in [0.15, 0.2) is 54.6 Å². The molecule has 6 amide bonds. The summed E-state index contributed by atoms with van der Waals surface area (Å²) in [6.45, 7) is 19.1. The standard InChI is InChI=1S/C62H91N7O15/c1-15-16-17-18-19-20-21-40-22-25-44(55(73)78-13)43(34-40)38-66-47(28-29-63-57(75)82-60(3,4)5)54(72)69(12)51-42-24-27-50(81-33-31-65-59(77)84-62(9,10)11)46(37-42)45-35-41(23-26-49(45)80-32-30-64-58(76)83-61(6,7)8)36-48(56(74)79-14)68-52(70)39(2)67-53(51)71/h22-27,34-35,37,39,47-48,51,66H,15-21,28-33,36,38H2,1-14H3,(H,63,75)(H,64,76)(H,65,77)(H,67,71)(H,68,70)/t39-,47-,48-,51-/m0/s1. The Morgan fingerprint density at radius 3 is 1.76 bits per heavy atom. The number of benzene rings is 3. The molecule has 0 aromatic heterocycles. The van der Waals surface area contributed by atoms with Gasteiger partial charge in [0, 0.05) is 37.7 Å². The summed E-state index contributed by atoms with van der Waals surface area (Å²) in [5.41, 5.74) is 1.02. The van der Waals surface area contributed by atoms with Gasteiger partial charge in [0.25, 0.3) is 0 Å². The highest BCUT2D eigenvalue weighted by Crippen LogP contribution is 2.40. The van der Waals surface area contributed by atoms with Crippen LogP contribution in [0.4, 0.5) is 14.4 Å². The molecule has 1 aliphatic heterocycles. The van der Waals surface area contributed by atoms with E-state index in [0.717, 1.165) is 44.1 Å². The van der Waals surface area contributed by atoms with Gasteiger partial charge in [0.1, 0.15) is 59.6 Å². The van der Waals surface area contributed by atoms with E-state index in [9.17, 15) is 28.8 Å². The van der Waals surface area contributed by atoms with E-state index in [1.54, 1.807) is 105 Å². The van der Waals surface area contributed by atoms with E-state index in [2.05, 4.69) is 38.8 Å². The lowest BCUT2D eigenvalue weighted by atomic mass is 9.93. The number of aryl methyl sites for hydroxylation is 1. The topological polar surface area (TPSA) is 277 Å². The van der Waals surface area contributed by atoms with Gasteiger partial charge in [0.05, 0.1) is 38.9 Å². The highest BCUT2D eigenvalue weighted by molar-refractivity contribution is 5.95. The minimum absolute atomic E-state index is 0.00767. The number of fused-ring (bicyclic) bond motifs is 5. The van der Waals surface area contributed by atoms with Crippen molar-refractivity contribution in [1.82, 2.24) is 36.8 Å². The smallest absolute Gasteiger partial charge is 0.407 e. The molecule has 1 aliphatic rings. The molecule has 3 aromatic rings. The molecule has 464 valence electrons. The molecule has 22 heteroatoms. The Morgan fingerprint density at radius 1 is 0.655 bits per heavy atom. The second-order valence-electron chi connectivity index (χ2n) is 23.7. The van der Waals surface area contributed by atoms with E-state index in [1.807, 2.05) is 12.1 Å². The number of rotatable bonds is 25. The zero-order valence-electron chi connectivity index (χ0n) is 51.7. The molecule has 3 aromatic carbocycles. The summed E-state index contributed by atoms with van der Waals surface area (Å²) in [7, 11) is 3.91. The normalized spacial score (nSPS) is 15.8. The van der Waals surface area contributed by atoms with Crippen LogP contribution in [0, 0.1) is 0 Å². The van der Waals surface area contributed by atoms with Gasteiger partial charge in [-0.3, -0.25) is 14.4 Å². The molecule has 1 heterocycles. The lowest BCUT2D eigenvalue weighted by Gasteiger charge is -2.33. The predicted molar refractivity (Wildman–Crippen MR) is 316 cm³/mol. The maximum absolute atomic E-state index is 15.4. The summed E-state index contributed by atoms with van der Waals surface area (Å²) in [5.74, 6) is -2.95. The summed E-state index contributed by atoms with van der Waals surface area (Å²) in [6, 6.07) is 10.3. The third-order valence-corrected chi connectivity index (χ3v) is 13.0. The van der Waals surface area contributed by atoms with Crippen molar-refractivity contribution in [2.75, 3.05) is 54.1 Å². The van der Waals surface area contributed by atoms with Crippen molar-refractivity contribution in [2.24, 2.45) is 0 Å². The zero-order chi connectivity index (χ0) is 62.4. The van der Waals surface area contributed by atoms with E-state index < -0.39 is 88.9 Å². The lowest BCUT2D eigenvalue weighted by Crippen LogP contribution is -2.54. The van der Waals surface area contributed by atoms with Crippen LogP contribution in [0.1, 0.15) is 160 Å². The third kappa shape index (κ3) is 23.2. The quantitative estimate of drug-likeness (QED) is 0.0265. The highest BCUT2D eigenvalue weighted by atomic mass is 16.6. The summed E-state index contributed by atoms with van der Waals surface area (Å²) >= 11 is 0. The zero-order valence-corrected chi connectivity index (χ0v) is 51.7. The number of esters is 2. The Morgan fingerprint density at radius 2 is 1.20 bits per heavy atom. The molecule has 4 rings (SSSR count). The number of alkyl carbamates (subject to hydrolysis) is 3. The number of methoxy groups -OCH3 is 2. The molecule has 0 unspecified atom stereocenters. The monoisotopic (exact) mass is 1170 g/mol. The first kappa shape index (κ1) is 68.9. The van der Waals surface area contributed by atoms with E-state index in [1.165, 1.54) is 39.5 Å². The largest absolute Gasteiger partial charge is 0.491 e. The number of amides is 6. The number of carbonyl (C=O) groups excluding carboxylic acids is 8. The van der Waals surface area contributed by atoms with Gasteiger partial charge in [-0.2, -0.15) is 0 Å². The third-order valence-electron chi connectivity index (χ3n) is 13.0. The van der Waals surface area contributed by atoms with Gasteiger partial charge in [-0.05, 0) is 141 Å². The molecule has 0 aliphatic carbocycles. The molecule has 0 fully saturated rings. The fourth-order valence-corrected chi connectivity index (χ4v) is 9.05. The van der Waals surface area contributed by atoms with Crippen molar-refractivity contribution in [3.63, 3.8) is 0 Å². The molecular weight excluding hydrogens is 1080 g/mol. The first-order chi connectivity index (χ1) is 39.5. The number of hydrogen-bond acceptors (Lipinski definition) is 16. The summed E-state index contributed by atoms with van der Waals surface area (Å²) in [4.78, 5) is 111. The first-order valence-corrected chi connectivity index (χ1v) is 28.8. The van der Waals surface area contributed by atoms with Crippen LogP contribution in [0.3, 0.4) is 0 Å². The number of unbranched alkanes of at least 4 members (excludes halogenated alkanes) is 5. The Kier molecular flexibility index (Phi) is 26.6. The molecule has 6 N–H and O–H groups in total. The van der Waals surface area contributed by atoms with Crippen molar-refractivity contribution in [2.45, 2.75) is 181 Å². The van der Waals surface area contributed by atoms with Crippen molar-refractivity contribution in [1.29, 1.82) is 0 Å². The molecule has 84 heavy (non-hydrogen) atoms. The van der Waals surface area contributed by atoms with Gasteiger partial charge in [-0.25, -0.2) is 24.0 Å². The van der Waals surface area contributed by atoms with Crippen molar-refractivity contribution in [3.05, 3.63) is 82.4 Å². The fraction of sp³-hybridized carbons (Fsp3) is 0.581. The second-order valence-corrected chi connectivity index (χ2v) is 23.7. The minimum Gasteiger partial charge on any atom is -0.491 e. The molecule has 4 bridgehead atoms. The van der Waals surface area contributed by atoms with Crippen molar-refractivity contribution < 1.29 is 71.5 Å². The first-order valence-electron chi connectivity index (χ1n) is 28.8. The fourth-order valence-electron chi connectivity index (χ4n) is 9.05. The maximum atomic E-state index is 15.4. The van der Waals surface area contributed by atoms with E-state index in [-0.39, 0.29) is 74.9 Å². The lowest BCUT2D eigenvalue weighted by molar-refractivity contribution is -0.145. The number of ether oxygens (including phenoxy) is 7. The minimum atomic E-state index is -1.49. The summed E-state index contributed by atoms with van der Waals surface area (Å²) in [5, 5.41) is 16.9. The van der Waals surface area contributed by atoms with E-state index in [4.69, 9.17) is 33.2 Å². The Bertz CT molecular complexity index is 2730. The average Bonchev–Trinajstić information content (AvgIpc) is 1.56. The summed E-state index contributed by atoms with van der Waals surface area (Å²) < 4.78 is 39.4. The SMILES string of the molecule is CCCCCCCCc1ccc(C(=O)OC)c(CN[C@@H](CCNC(=O)OC(C)(C)C)C(=O)N(C)[C@@H]2C(=O)N[C@@H](C)C(=O)N[C@H](C(=O)OC)Cc3ccc(OCCNC(=O)OC(C)(C)C)c(c3)-c3cc2ccc3OCCNC(=O)OC(C)(C)C)c1. The summed E-state index contributed by atoms with van der Waals surface area (Å²) in [6.07, 6.45) is 5.22. The average molecular weight is 1170 g/mol. The van der Waals surface area contributed by atoms with Crippen LogP contribution in [0.25, 0.3) is 11.1 Å². The number of nitrogens with one attached hydrogen (secondary N) is 6. The van der Waals surface area contributed by atoms with Crippen LogP contribution >= 0.6 is 0 Å². The van der Waals surface area contributed by atoms with Crippen LogP contribution < -0.4 is 41.4 Å². The number of hydrogen-bond donors (Lipinski definition) is 6. The van der Waals surface area contributed by atoms with Crippen molar-refractivity contribution >= 4 is 47.9 Å².